The molecule has 2 aliphatic heterocycles. The zero-order chi connectivity index (χ0) is 21.0. The van der Waals surface area contributed by atoms with E-state index in [1.165, 1.54) is 40.6 Å². The minimum atomic E-state index is 0.317. The van der Waals surface area contributed by atoms with Gasteiger partial charge in [0, 0.05) is 62.4 Å². The Morgan fingerprint density at radius 2 is 1.48 bits per heavy atom. The molecule has 3 aromatic rings. The molecule has 3 heterocycles. The van der Waals surface area contributed by atoms with Gasteiger partial charge < -0.3 is 14.8 Å². The Morgan fingerprint density at radius 3 is 2.26 bits per heavy atom. The fourth-order valence-corrected chi connectivity index (χ4v) is 5.01. The van der Waals surface area contributed by atoms with Crippen LogP contribution in [0.3, 0.4) is 0 Å². The molecule has 0 spiro atoms. The van der Waals surface area contributed by atoms with Crippen LogP contribution in [0.25, 0.3) is 22.2 Å². The van der Waals surface area contributed by atoms with Crippen LogP contribution in [-0.2, 0) is 11.2 Å². The standard InChI is InChI=1S/C26H32N4O/c31-25(30-13-6-7-14-30)20-29-18-16-28(17-19-29)15-12-23-22-10-4-5-11-24(22)27-26(23)21-8-2-1-3-9-21/h1-5,8-11,27H,6-7,12-20H2. The van der Waals surface area contributed by atoms with Gasteiger partial charge >= 0.3 is 0 Å². The van der Waals surface area contributed by atoms with Gasteiger partial charge in [0.05, 0.1) is 6.54 Å². The predicted molar refractivity (Wildman–Crippen MR) is 126 cm³/mol. The van der Waals surface area contributed by atoms with Gasteiger partial charge in [-0.3, -0.25) is 9.69 Å². The lowest BCUT2D eigenvalue weighted by Gasteiger charge is -2.35. The maximum Gasteiger partial charge on any atom is 0.236 e. The molecule has 31 heavy (non-hydrogen) atoms. The lowest BCUT2D eigenvalue weighted by molar-refractivity contribution is -0.131. The van der Waals surface area contributed by atoms with Gasteiger partial charge in [0.2, 0.25) is 5.91 Å². The van der Waals surface area contributed by atoms with E-state index in [9.17, 15) is 4.79 Å². The monoisotopic (exact) mass is 416 g/mol. The number of aromatic amines is 1. The molecule has 0 atom stereocenters. The van der Waals surface area contributed by atoms with Crippen LogP contribution in [0.5, 0.6) is 0 Å². The predicted octanol–water partition coefficient (Wildman–Crippen LogP) is 3.62. The Balaban J connectivity index is 1.21. The number of hydrogen-bond acceptors (Lipinski definition) is 3. The minimum absolute atomic E-state index is 0.317. The largest absolute Gasteiger partial charge is 0.354 e. The van der Waals surface area contributed by atoms with Crippen molar-refractivity contribution in [3.63, 3.8) is 0 Å². The van der Waals surface area contributed by atoms with E-state index >= 15 is 0 Å². The number of amides is 1. The second kappa shape index (κ2) is 9.25. The van der Waals surface area contributed by atoms with Crippen molar-refractivity contribution in [1.82, 2.24) is 19.7 Å². The summed E-state index contributed by atoms with van der Waals surface area (Å²) in [4.78, 5) is 23.0. The molecule has 1 N–H and O–H groups in total. The highest BCUT2D eigenvalue weighted by Gasteiger charge is 2.23. The average Bonchev–Trinajstić information content (AvgIpc) is 3.48. The highest BCUT2D eigenvalue weighted by atomic mass is 16.2. The Bertz CT molecular complexity index is 1010. The topological polar surface area (TPSA) is 42.6 Å². The number of aromatic nitrogens is 1. The molecular weight excluding hydrogens is 384 g/mol. The molecule has 1 aromatic heterocycles. The molecule has 0 saturated carbocycles. The number of likely N-dealkylation sites (tertiary alicyclic amines) is 1. The van der Waals surface area contributed by atoms with Crippen molar-refractivity contribution < 1.29 is 4.79 Å². The van der Waals surface area contributed by atoms with Crippen molar-refractivity contribution in [3.8, 4) is 11.3 Å². The summed E-state index contributed by atoms with van der Waals surface area (Å²) < 4.78 is 0. The first-order chi connectivity index (χ1) is 15.3. The smallest absolute Gasteiger partial charge is 0.236 e. The van der Waals surface area contributed by atoms with Crippen LogP contribution in [0.15, 0.2) is 54.6 Å². The number of piperazine rings is 1. The zero-order valence-electron chi connectivity index (χ0n) is 18.2. The van der Waals surface area contributed by atoms with Gasteiger partial charge in [-0.15, -0.1) is 0 Å². The summed E-state index contributed by atoms with van der Waals surface area (Å²) in [6.07, 6.45) is 3.36. The van der Waals surface area contributed by atoms with Crippen LogP contribution in [0.1, 0.15) is 18.4 Å². The molecular formula is C26H32N4O. The van der Waals surface area contributed by atoms with Crippen molar-refractivity contribution in [1.29, 1.82) is 0 Å². The van der Waals surface area contributed by atoms with E-state index in [1.807, 2.05) is 4.90 Å². The number of nitrogens with one attached hydrogen (secondary N) is 1. The first kappa shape index (κ1) is 20.3. The third-order valence-corrected chi connectivity index (χ3v) is 6.84. The van der Waals surface area contributed by atoms with Gasteiger partial charge in [0.1, 0.15) is 0 Å². The fraction of sp³-hybridized carbons (Fsp3) is 0.423. The zero-order valence-corrected chi connectivity index (χ0v) is 18.2. The molecule has 2 aromatic carbocycles. The number of fused-ring (bicyclic) bond motifs is 1. The summed E-state index contributed by atoms with van der Waals surface area (Å²) >= 11 is 0. The van der Waals surface area contributed by atoms with E-state index in [-0.39, 0.29) is 0 Å². The molecule has 2 fully saturated rings. The fourth-order valence-electron chi connectivity index (χ4n) is 5.01. The van der Waals surface area contributed by atoms with Crippen molar-refractivity contribution in [2.75, 3.05) is 52.4 Å². The summed E-state index contributed by atoms with van der Waals surface area (Å²) in [5, 5.41) is 1.33. The van der Waals surface area contributed by atoms with Gasteiger partial charge in [0.25, 0.3) is 0 Å². The number of carbonyl (C=O) groups is 1. The van der Waals surface area contributed by atoms with Crippen molar-refractivity contribution in [2.45, 2.75) is 19.3 Å². The van der Waals surface area contributed by atoms with Gasteiger partial charge in [0.15, 0.2) is 0 Å². The lowest BCUT2D eigenvalue weighted by atomic mass is 10.0. The maximum atomic E-state index is 12.4. The summed E-state index contributed by atoms with van der Waals surface area (Å²) in [7, 11) is 0. The van der Waals surface area contributed by atoms with Gasteiger partial charge in [-0.05, 0) is 36.5 Å². The maximum absolute atomic E-state index is 12.4. The van der Waals surface area contributed by atoms with E-state index in [0.29, 0.717) is 12.5 Å². The molecule has 0 aliphatic carbocycles. The molecule has 2 saturated heterocycles. The number of rotatable bonds is 6. The van der Waals surface area contributed by atoms with Crippen LogP contribution in [0, 0.1) is 0 Å². The van der Waals surface area contributed by atoms with E-state index in [4.69, 9.17) is 0 Å². The van der Waals surface area contributed by atoms with Crippen LogP contribution in [-0.4, -0.2) is 77.9 Å². The summed E-state index contributed by atoms with van der Waals surface area (Å²) in [5.41, 5.74) is 5.12. The third-order valence-electron chi connectivity index (χ3n) is 6.84. The summed E-state index contributed by atoms with van der Waals surface area (Å²) in [6.45, 7) is 7.59. The number of carbonyl (C=O) groups excluding carboxylic acids is 1. The Morgan fingerprint density at radius 1 is 0.806 bits per heavy atom. The van der Waals surface area contributed by atoms with Crippen molar-refractivity contribution >= 4 is 16.8 Å². The average molecular weight is 417 g/mol. The third kappa shape index (κ3) is 4.53. The highest BCUT2D eigenvalue weighted by molar-refractivity contribution is 5.90. The molecule has 1 amide bonds. The van der Waals surface area contributed by atoms with Gasteiger partial charge in [-0.2, -0.15) is 0 Å². The van der Waals surface area contributed by atoms with E-state index in [0.717, 1.165) is 52.2 Å². The Labute approximate surface area is 184 Å². The summed E-state index contributed by atoms with van der Waals surface area (Å²) in [6, 6.07) is 19.3. The number of nitrogens with zero attached hydrogens (tertiary/aromatic N) is 3. The minimum Gasteiger partial charge on any atom is -0.354 e. The van der Waals surface area contributed by atoms with Crippen molar-refractivity contribution in [2.24, 2.45) is 0 Å². The van der Waals surface area contributed by atoms with Crippen LogP contribution in [0.4, 0.5) is 0 Å². The van der Waals surface area contributed by atoms with Crippen LogP contribution >= 0.6 is 0 Å². The molecule has 5 rings (SSSR count). The normalized spacial score (nSPS) is 18.1. The van der Waals surface area contributed by atoms with E-state index in [2.05, 4.69) is 69.4 Å². The lowest BCUT2D eigenvalue weighted by Crippen LogP contribution is -2.50. The first-order valence-corrected chi connectivity index (χ1v) is 11.7. The Hall–Kier alpha value is -2.63. The molecule has 0 bridgehead atoms. The quantitative estimate of drug-likeness (QED) is 0.667. The first-order valence-electron chi connectivity index (χ1n) is 11.7. The van der Waals surface area contributed by atoms with Crippen LogP contribution < -0.4 is 0 Å². The molecule has 2 aliphatic rings. The second-order valence-corrected chi connectivity index (χ2v) is 8.85. The summed E-state index contributed by atoms with van der Waals surface area (Å²) in [5.74, 6) is 0.317. The second-order valence-electron chi connectivity index (χ2n) is 8.85. The van der Waals surface area contributed by atoms with Gasteiger partial charge in [-0.1, -0.05) is 48.5 Å². The van der Waals surface area contributed by atoms with Crippen molar-refractivity contribution in [3.05, 3.63) is 60.2 Å². The highest BCUT2D eigenvalue weighted by Crippen LogP contribution is 2.30. The Kier molecular flexibility index (Phi) is 6.05. The molecule has 5 heteroatoms. The number of benzene rings is 2. The van der Waals surface area contributed by atoms with E-state index < -0.39 is 0 Å². The number of hydrogen-bond donors (Lipinski definition) is 1. The molecule has 0 radical (unpaired) electrons. The molecule has 0 unspecified atom stereocenters. The van der Waals surface area contributed by atoms with Gasteiger partial charge in [-0.25, -0.2) is 0 Å². The number of H-pyrrole nitrogens is 1. The molecule has 5 nitrogen and oxygen atoms in total. The SMILES string of the molecule is O=C(CN1CCN(CCc2c(-c3ccccc3)[nH]c3ccccc23)CC1)N1CCCC1. The molecule has 162 valence electrons. The number of para-hydroxylation sites is 1. The van der Waals surface area contributed by atoms with E-state index in [1.54, 1.807) is 0 Å². The van der Waals surface area contributed by atoms with Crippen LogP contribution in [0.2, 0.25) is 0 Å².